The van der Waals surface area contributed by atoms with Gasteiger partial charge >= 0.3 is 5.97 Å². The van der Waals surface area contributed by atoms with Crippen LogP contribution >= 0.6 is 0 Å². The van der Waals surface area contributed by atoms with Crippen molar-refractivity contribution in [3.8, 4) is 0 Å². The van der Waals surface area contributed by atoms with Gasteiger partial charge in [0.1, 0.15) is 0 Å². The molecule has 6 nitrogen and oxygen atoms in total. The second-order valence-electron chi connectivity index (χ2n) is 3.58. The third-order valence-corrected chi connectivity index (χ3v) is 2.63. The highest BCUT2D eigenvalue weighted by Crippen LogP contribution is 2.19. The minimum absolute atomic E-state index is 0.0928. The first-order chi connectivity index (χ1) is 7.22. The van der Waals surface area contributed by atoms with Gasteiger partial charge in [0.25, 0.3) is 0 Å². The van der Waals surface area contributed by atoms with E-state index in [0.717, 1.165) is 24.2 Å². The van der Waals surface area contributed by atoms with Crippen molar-refractivity contribution in [1.29, 1.82) is 0 Å². The fourth-order valence-electron chi connectivity index (χ4n) is 1.86. The quantitative estimate of drug-likeness (QED) is 0.624. The highest BCUT2D eigenvalue weighted by molar-refractivity contribution is 5.87. The normalized spacial score (nSPS) is 16.3. The standard InChI is InChI=1S/C9H13N3O3/c13-4-3-12-2-1-7-6(5-12)8(9(14)15)11-10-7/h13H,1-5H2,(H,10,11)(H,14,15). The molecule has 2 rings (SSSR count). The summed E-state index contributed by atoms with van der Waals surface area (Å²) in [5.41, 5.74) is 1.76. The molecule has 82 valence electrons. The third-order valence-electron chi connectivity index (χ3n) is 2.63. The lowest BCUT2D eigenvalue weighted by atomic mass is 10.1. The lowest BCUT2D eigenvalue weighted by Gasteiger charge is -2.25. The Hall–Kier alpha value is -1.40. The molecule has 0 unspecified atom stereocenters. The van der Waals surface area contributed by atoms with Crippen LogP contribution in [0.3, 0.4) is 0 Å². The number of rotatable bonds is 3. The number of nitrogens with zero attached hydrogens (tertiary/aromatic N) is 2. The van der Waals surface area contributed by atoms with Gasteiger partial charge in [0.2, 0.25) is 0 Å². The highest BCUT2D eigenvalue weighted by atomic mass is 16.4. The number of carboxylic acid groups (broad SMARTS) is 1. The van der Waals surface area contributed by atoms with Crippen LogP contribution in [0.25, 0.3) is 0 Å². The van der Waals surface area contributed by atoms with E-state index < -0.39 is 5.97 Å². The van der Waals surface area contributed by atoms with Crippen molar-refractivity contribution >= 4 is 5.97 Å². The maximum absolute atomic E-state index is 10.8. The van der Waals surface area contributed by atoms with Gasteiger partial charge < -0.3 is 10.2 Å². The Bertz CT molecular complexity index is 375. The number of aromatic nitrogens is 2. The summed E-state index contributed by atoms with van der Waals surface area (Å²) < 4.78 is 0. The van der Waals surface area contributed by atoms with Crippen LogP contribution in [0.1, 0.15) is 21.7 Å². The molecular formula is C9H13N3O3. The van der Waals surface area contributed by atoms with Crippen LogP contribution < -0.4 is 0 Å². The number of hydrogen-bond acceptors (Lipinski definition) is 4. The topological polar surface area (TPSA) is 89.4 Å². The molecule has 0 saturated carbocycles. The van der Waals surface area contributed by atoms with E-state index in [2.05, 4.69) is 10.2 Å². The summed E-state index contributed by atoms with van der Waals surface area (Å²) >= 11 is 0. The summed E-state index contributed by atoms with van der Waals surface area (Å²) in [5, 5.41) is 24.2. The largest absolute Gasteiger partial charge is 0.476 e. The van der Waals surface area contributed by atoms with E-state index in [0.29, 0.717) is 13.1 Å². The number of aromatic amines is 1. The summed E-state index contributed by atoms with van der Waals surface area (Å²) in [6.45, 7) is 2.04. The van der Waals surface area contributed by atoms with E-state index in [4.69, 9.17) is 10.2 Å². The summed E-state index contributed by atoms with van der Waals surface area (Å²) in [6, 6.07) is 0. The van der Waals surface area contributed by atoms with Gasteiger partial charge in [-0.1, -0.05) is 0 Å². The average molecular weight is 211 g/mol. The molecule has 1 aliphatic rings. The molecular weight excluding hydrogens is 198 g/mol. The van der Waals surface area contributed by atoms with Crippen LogP contribution in [-0.2, 0) is 13.0 Å². The zero-order chi connectivity index (χ0) is 10.8. The number of nitrogens with one attached hydrogen (secondary N) is 1. The molecule has 0 bridgehead atoms. The molecule has 3 N–H and O–H groups in total. The van der Waals surface area contributed by atoms with Gasteiger partial charge in [-0.15, -0.1) is 0 Å². The van der Waals surface area contributed by atoms with Crippen LogP contribution in [0.4, 0.5) is 0 Å². The van der Waals surface area contributed by atoms with E-state index in [9.17, 15) is 4.79 Å². The van der Waals surface area contributed by atoms with Crippen molar-refractivity contribution < 1.29 is 15.0 Å². The monoisotopic (exact) mass is 211 g/mol. The second kappa shape index (κ2) is 4.00. The van der Waals surface area contributed by atoms with Crippen molar-refractivity contribution in [2.24, 2.45) is 0 Å². The molecule has 1 aromatic heterocycles. The Morgan fingerprint density at radius 1 is 1.60 bits per heavy atom. The maximum atomic E-state index is 10.8. The number of H-pyrrole nitrogens is 1. The Labute approximate surface area is 86.5 Å². The molecule has 0 saturated heterocycles. The van der Waals surface area contributed by atoms with Crippen LogP contribution in [0.2, 0.25) is 0 Å². The highest BCUT2D eigenvalue weighted by Gasteiger charge is 2.24. The van der Waals surface area contributed by atoms with Crippen molar-refractivity contribution in [2.45, 2.75) is 13.0 Å². The molecule has 0 aliphatic carbocycles. The van der Waals surface area contributed by atoms with Gasteiger partial charge in [0.15, 0.2) is 5.69 Å². The molecule has 0 atom stereocenters. The first-order valence-corrected chi connectivity index (χ1v) is 4.85. The number of β-amino-alcohol motifs (C(OH)–C–C–N with tert-alkyl or cyclic N) is 1. The van der Waals surface area contributed by atoms with Crippen LogP contribution in [0.5, 0.6) is 0 Å². The van der Waals surface area contributed by atoms with Crippen LogP contribution in [-0.4, -0.2) is 51.0 Å². The lowest BCUT2D eigenvalue weighted by molar-refractivity contribution is 0.0687. The fourth-order valence-corrected chi connectivity index (χ4v) is 1.86. The van der Waals surface area contributed by atoms with Gasteiger partial charge in [-0.2, -0.15) is 5.10 Å². The molecule has 1 aromatic rings. The number of aromatic carboxylic acids is 1. The Morgan fingerprint density at radius 2 is 2.40 bits per heavy atom. The van der Waals surface area contributed by atoms with Crippen molar-refractivity contribution in [3.05, 3.63) is 17.0 Å². The fraction of sp³-hybridized carbons (Fsp3) is 0.556. The van der Waals surface area contributed by atoms with Gasteiger partial charge in [-0.3, -0.25) is 10.00 Å². The Kier molecular flexibility index (Phi) is 2.70. The smallest absolute Gasteiger partial charge is 0.356 e. The number of aliphatic hydroxyl groups is 1. The predicted octanol–water partition coefficient (Wildman–Crippen LogP) is -0.542. The number of carbonyl (C=O) groups is 1. The third kappa shape index (κ3) is 1.86. The van der Waals surface area contributed by atoms with Gasteiger partial charge in [-0.25, -0.2) is 4.79 Å². The predicted molar refractivity (Wildman–Crippen MR) is 51.6 cm³/mol. The molecule has 0 aromatic carbocycles. The van der Waals surface area contributed by atoms with E-state index in [1.807, 2.05) is 4.90 Å². The molecule has 0 spiro atoms. The Morgan fingerprint density at radius 3 is 3.07 bits per heavy atom. The van der Waals surface area contributed by atoms with Gasteiger partial charge in [0.05, 0.1) is 6.61 Å². The molecule has 0 amide bonds. The number of aliphatic hydroxyl groups excluding tert-OH is 1. The zero-order valence-corrected chi connectivity index (χ0v) is 8.23. The van der Waals surface area contributed by atoms with E-state index in [-0.39, 0.29) is 12.3 Å². The first-order valence-electron chi connectivity index (χ1n) is 4.85. The van der Waals surface area contributed by atoms with Crippen LogP contribution in [0.15, 0.2) is 0 Å². The molecule has 6 heteroatoms. The summed E-state index contributed by atoms with van der Waals surface area (Å²) in [6.07, 6.45) is 0.760. The van der Waals surface area contributed by atoms with Crippen LogP contribution in [0, 0.1) is 0 Å². The first kappa shape index (κ1) is 10.1. The lowest BCUT2D eigenvalue weighted by Crippen LogP contribution is -2.33. The van der Waals surface area contributed by atoms with Crippen molar-refractivity contribution in [1.82, 2.24) is 15.1 Å². The average Bonchev–Trinajstić information content (AvgIpc) is 2.61. The van der Waals surface area contributed by atoms with Gasteiger partial charge in [0, 0.05) is 37.3 Å². The summed E-state index contributed by atoms with van der Waals surface area (Å²) in [5.74, 6) is -1.00. The number of carboxylic acids is 1. The van der Waals surface area contributed by atoms with Crippen molar-refractivity contribution in [2.75, 3.05) is 19.7 Å². The number of hydrogen-bond donors (Lipinski definition) is 3. The zero-order valence-electron chi connectivity index (χ0n) is 8.23. The van der Waals surface area contributed by atoms with Gasteiger partial charge in [-0.05, 0) is 0 Å². The number of fused-ring (bicyclic) bond motifs is 1. The minimum atomic E-state index is -1.00. The molecule has 2 heterocycles. The molecule has 0 radical (unpaired) electrons. The summed E-state index contributed by atoms with van der Waals surface area (Å²) in [7, 11) is 0. The van der Waals surface area contributed by atoms with E-state index in [1.165, 1.54) is 0 Å². The summed E-state index contributed by atoms with van der Waals surface area (Å²) in [4.78, 5) is 12.9. The molecule has 1 aliphatic heterocycles. The maximum Gasteiger partial charge on any atom is 0.356 e. The molecule has 15 heavy (non-hydrogen) atoms. The SMILES string of the molecule is O=C(O)c1n[nH]c2c1CN(CCO)CC2. The van der Waals surface area contributed by atoms with E-state index in [1.54, 1.807) is 0 Å². The second-order valence-corrected chi connectivity index (χ2v) is 3.58. The molecule has 0 fully saturated rings. The van der Waals surface area contributed by atoms with E-state index >= 15 is 0 Å². The Balaban J connectivity index is 2.22. The van der Waals surface area contributed by atoms with Crippen molar-refractivity contribution in [3.63, 3.8) is 0 Å². The minimum Gasteiger partial charge on any atom is -0.476 e.